The SMILES string of the molecule is CC(C)[C@@H](C)CC[C@@H](C)[C@H]1CCC2=C3CC[C@H]4C[C@@H](OCc5cn([C@H]6CCC[C@H](CO)O6)nn5)CC[C@]4(C)[C@H]3CC[C@@]21C. The number of aromatic nitrogens is 3. The van der Waals surface area contributed by atoms with Crippen LogP contribution >= 0.6 is 0 Å². The minimum Gasteiger partial charge on any atom is -0.394 e. The molecule has 0 radical (unpaired) electrons. The zero-order valence-corrected chi connectivity index (χ0v) is 28.2. The van der Waals surface area contributed by atoms with E-state index in [0.29, 0.717) is 23.5 Å². The molecular weight excluding hydrogens is 534 g/mol. The second kappa shape index (κ2) is 12.9. The molecule has 1 aliphatic heterocycles. The highest BCUT2D eigenvalue weighted by Gasteiger charge is 2.55. The molecule has 1 N–H and O–H groups in total. The minimum atomic E-state index is -0.127. The van der Waals surface area contributed by atoms with Crippen LogP contribution in [0, 0.1) is 46.3 Å². The lowest BCUT2D eigenvalue weighted by atomic mass is 9.48. The number of nitrogens with zero attached hydrogens (tertiary/aromatic N) is 3. The van der Waals surface area contributed by atoms with E-state index in [-0.39, 0.29) is 18.9 Å². The summed E-state index contributed by atoms with van der Waals surface area (Å²) < 4.78 is 14.3. The maximum Gasteiger partial charge on any atom is 0.152 e. The number of ether oxygens (including phenoxy) is 2. The van der Waals surface area contributed by atoms with Crippen molar-refractivity contribution in [3.8, 4) is 0 Å². The number of hydrogen-bond donors (Lipinski definition) is 1. The van der Waals surface area contributed by atoms with Crippen molar-refractivity contribution in [1.29, 1.82) is 0 Å². The molecule has 0 bridgehead atoms. The van der Waals surface area contributed by atoms with E-state index in [0.717, 1.165) is 66.9 Å². The molecule has 6 heteroatoms. The van der Waals surface area contributed by atoms with Gasteiger partial charge in [-0.3, -0.25) is 0 Å². The number of aliphatic hydroxyl groups excluding tert-OH is 1. The van der Waals surface area contributed by atoms with Crippen molar-refractivity contribution < 1.29 is 14.6 Å². The van der Waals surface area contributed by atoms with Gasteiger partial charge in [-0.05, 0) is 123 Å². The fourth-order valence-electron chi connectivity index (χ4n) is 10.5. The normalized spacial score (nSPS) is 39.3. The lowest BCUT2D eigenvalue weighted by Gasteiger charge is -2.57. The summed E-state index contributed by atoms with van der Waals surface area (Å²) in [6, 6.07) is 0. The fraction of sp³-hybridized carbons (Fsp3) is 0.892. The molecule has 1 aromatic heterocycles. The van der Waals surface area contributed by atoms with Gasteiger partial charge in [0, 0.05) is 0 Å². The Labute approximate surface area is 261 Å². The molecule has 6 nitrogen and oxygen atoms in total. The van der Waals surface area contributed by atoms with Gasteiger partial charge in [0.1, 0.15) is 5.69 Å². The molecule has 3 saturated carbocycles. The number of aliphatic hydroxyl groups is 1. The zero-order valence-electron chi connectivity index (χ0n) is 28.2. The molecule has 4 aliphatic carbocycles. The lowest BCUT2D eigenvalue weighted by molar-refractivity contribution is -0.112. The van der Waals surface area contributed by atoms with Crippen LogP contribution in [-0.2, 0) is 16.1 Å². The van der Waals surface area contributed by atoms with Crippen molar-refractivity contribution >= 4 is 0 Å². The molecule has 5 aliphatic rings. The molecule has 2 heterocycles. The summed E-state index contributed by atoms with van der Waals surface area (Å²) in [6.45, 7) is 15.7. The zero-order chi connectivity index (χ0) is 30.4. The first kappa shape index (κ1) is 31.7. The first-order valence-electron chi connectivity index (χ1n) is 18.1. The van der Waals surface area contributed by atoms with Gasteiger partial charge in [-0.2, -0.15) is 0 Å². The number of rotatable bonds is 10. The molecular formula is C37H61N3O3. The summed E-state index contributed by atoms with van der Waals surface area (Å²) in [5, 5.41) is 18.2. The average Bonchev–Trinajstić information content (AvgIpc) is 3.63. The van der Waals surface area contributed by atoms with Gasteiger partial charge in [0.05, 0.1) is 31.6 Å². The third-order valence-electron chi connectivity index (χ3n) is 13.8. The van der Waals surface area contributed by atoms with E-state index in [1.807, 2.05) is 22.0 Å². The van der Waals surface area contributed by atoms with Crippen molar-refractivity contribution in [2.75, 3.05) is 6.61 Å². The Morgan fingerprint density at radius 1 is 1.02 bits per heavy atom. The summed E-state index contributed by atoms with van der Waals surface area (Å²) in [4.78, 5) is 0. The smallest absolute Gasteiger partial charge is 0.152 e. The fourth-order valence-corrected chi connectivity index (χ4v) is 10.5. The van der Waals surface area contributed by atoms with Gasteiger partial charge in [-0.25, -0.2) is 4.68 Å². The highest BCUT2D eigenvalue weighted by atomic mass is 16.5. The molecule has 0 unspecified atom stereocenters. The predicted octanol–water partition coefficient (Wildman–Crippen LogP) is 8.65. The highest BCUT2D eigenvalue weighted by molar-refractivity contribution is 5.34. The van der Waals surface area contributed by atoms with Crippen LogP contribution in [0.4, 0.5) is 0 Å². The molecule has 10 atom stereocenters. The van der Waals surface area contributed by atoms with E-state index in [4.69, 9.17) is 9.47 Å². The second-order valence-corrected chi connectivity index (χ2v) is 16.4. The van der Waals surface area contributed by atoms with Crippen LogP contribution in [0.3, 0.4) is 0 Å². The van der Waals surface area contributed by atoms with Gasteiger partial charge >= 0.3 is 0 Å². The largest absolute Gasteiger partial charge is 0.394 e. The van der Waals surface area contributed by atoms with Gasteiger partial charge in [-0.15, -0.1) is 5.10 Å². The van der Waals surface area contributed by atoms with Crippen LogP contribution in [0.2, 0.25) is 0 Å². The molecule has 0 aromatic carbocycles. The molecule has 43 heavy (non-hydrogen) atoms. The third-order valence-corrected chi connectivity index (χ3v) is 13.8. The Morgan fingerprint density at radius 2 is 1.86 bits per heavy atom. The summed E-state index contributed by atoms with van der Waals surface area (Å²) in [5.41, 5.74) is 5.61. The first-order valence-corrected chi connectivity index (χ1v) is 18.1. The van der Waals surface area contributed by atoms with Crippen LogP contribution in [0.5, 0.6) is 0 Å². The van der Waals surface area contributed by atoms with E-state index in [1.165, 1.54) is 64.2 Å². The summed E-state index contributed by atoms with van der Waals surface area (Å²) in [6.07, 6.45) is 19.7. The Hall–Kier alpha value is -1.24. The maximum atomic E-state index is 9.49. The predicted molar refractivity (Wildman–Crippen MR) is 171 cm³/mol. The Balaban J connectivity index is 1.05. The van der Waals surface area contributed by atoms with Gasteiger partial charge in [0.15, 0.2) is 6.23 Å². The van der Waals surface area contributed by atoms with Crippen LogP contribution in [0.15, 0.2) is 17.3 Å². The minimum absolute atomic E-state index is 0.0688. The number of hydrogen-bond acceptors (Lipinski definition) is 5. The van der Waals surface area contributed by atoms with E-state index in [2.05, 4.69) is 51.9 Å². The van der Waals surface area contributed by atoms with Gasteiger partial charge in [0.25, 0.3) is 0 Å². The van der Waals surface area contributed by atoms with Crippen LogP contribution in [0.25, 0.3) is 0 Å². The standard InChI is InChI=1S/C37H61N3O3/c1-24(2)25(3)10-11-26(4)32-14-15-33-31-13-12-27-20-29(16-18-36(27,5)34(31)17-19-37(32,33)6)42-23-28-21-40(39-38-28)35-9-7-8-30(22-41)43-35/h21,24-27,29-30,32,34-35,41H,7-20,22-23H2,1-6H3/t25-,26+,27-,29-,30+,32+,34-,35+,36-,37+/m0/s1. The van der Waals surface area contributed by atoms with E-state index >= 15 is 0 Å². The van der Waals surface area contributed by atoms with Crippen LogP contribution in [-0.4, -0.2) is 38.9 Å². The summed E-state index contributed by atoms with van der Waals surface area (Å²) in [5.74, 6) is 4.92. The van der Waals surface area contributed by atoms with Crippen molar-refractivity contribution in [3.05, 3.63) is 23.0 Å². The van der Waals surface area contributed by atoms with E-state index in [9.17, 15) is 5.11 Å². The van der Waals surface area contributed by atoms with E-state index in [1.54, 1.807) is 0 Å². The van der Waals surface area contributed by atoms with Crippen molar-refractivity contribution in [2.24, 2.45) is 46.3 Å². The maximum absolute atomic E-state index is 9.49. The van der Waals surface area contributed by atoms with Gasteiger partial charge < -0.3 is 14.6 Å². The Kier molecular flexibility index (Phi) is 9.50. The topological polar surface area (TPSA) is 69.4 Å². The quantitative estimate of drug-likeness (QED) is 0.274. The van der Waals surface area contributed by atoms with E-state index < -0.39 is 0 Å². The Morgan fingerprint density at radius 3 is 2.65 bits per heavy atom. The molecule has 4 fully saturated rings. The molecule has 0 spiro atoms. The van der Waals surface area contributed by atoms with Crippen molar-refractivity contribution in [3.63, 3.8) is 0 Å². The third kappa shape index (κ3) is 6.15. The monoisotopic (exact) mass is 595 g/mol. The van der Waals surface area contributed by atoms with Crippen molar-refractivity contribution in [1.82, 2.24) is 15.0 Å². The first-order chi connectivity index (χ1) is 20.6. The second-order valence-electron chi connectivity index (χ2n) is 16.4. The van der Waals surface area contributed by atoms with Crippen molar-refractivity contribution in [2.45, 2.75) is 156 Å². The lowest BCUT2D eigenvalue weighted by Crippen LogP contribution is -2.48. The summed E-state index contributed by atoms with van der Waals surface area (Å²) >= 11 is 0. The molecule has 1 aromatic rings. The summed E-state index contributed by atoms with van der Waals surface area (Å²) in [7, 11) is 0. The molecule has 1 saturated heterocycles. The number of allylic oxidation sites excluding steroid dienone is 2. The van der Waals surface area contributed by atoms with Gasteiger partial charge in [0.2, 0.25) is 0 Å². The van der Waals surface area contributed by atoms with Gasteiger partial charge in [-0.1, -0.05) is 70.7 Å². The average molecular weight is 596 g/mol. The Bertz CT molecular complexity index is 1130. The van der Waals surface area contributed by atoms with Crippen LogP contribution in [0.1, 0.15) is 143 Å². The molecule has 242 valence electrons. The molecule has 0 amide bonds. The molecule has 6 rings (SSSR count). The van der Waals surface area contributed by atoms with Crippen LogP contribution < -0.4 is 0 Å². The number of fused-ring (bicyclic) bond motifs is 4. The highest BCUT2D eigenvalue weighted by Crippen LogP contribution is 2.66.